The van der Waals surface area contributed by atoms with E-state index in [0.717, 1.165) is 30.8 Å². The lowest BCUT2D eigenvalue weighted by molar-refractivity contribution is 0.0162. The molecular weight excluding hydrogens is 380 g/mol. The van der Waals surface area contributed by atoms with Crippen LogP contribution in [0.4, 0.5) is 0 Å². The highest BCUT2D eigenvalue weighted by Gasteiger charge is 2.23. The number of amides is 1. The summed E-state index contributed by atoms with van der Waals surface area (Å²) >= 11 is 3.40. The predicted octanol–water partition coefficient (Wildman–Crippen LogP) is 3.56. The summed E-state index contributed by atoms with van der Waals surface area (Å²) in [6.07, 6.45) is 0. The van der Waals surface area contributed by atoms with Gasteiger partial charge in [-0.2, -0.15) is 0 Å². The van der Waals surface area contributed by atoms with E-state index in [2.05, 4.69) is 57.3 Å². The van der Waals surface area contributed by atoms with Crippen LogP contribution in [0.15, 0.2) is 53.0 Å². The number of hydrogen-bond donors (Lipinski definition) is 1. The maximum Gasteiger partial charge on any atom is 0.251 e. The highest BCUT2D eigenvalue weighted by atomic mass is 79.9. The zero-order valence-corrected chi connectivity index (χ0v) is 16.0. The molecule has 1 fully saturated rings. The average molecular weight is 403 g/mol. The fourth-order valence-corrected chi connectivity index (χ4v) is 3.29. The van der Waals surface area contributed by atoms with Gasteiger partial charge in [-0.25, -0.2) is 0 Å². The van der Waals surface area contributed by atoms with Crippen LogP contribution in [-0.4, -0.2) is 43.7 Å². The number of ether oxygens (including phenoxy) is 1. The molecule has 1 heterocycles. The molecule has 0 spiro atoms. The van der Waals surface area contributed by atoms with Gasteiger partial charge in [-0.1, -0.05) is 45.8 Å². The van der Waals surface area contributed by atoms with Crippen molar-refractivity contribution in [3.8, 4) is 0 Å². The number of rotatable bonds is 5. The summed E-state index contributed by atoms with van der Waals surface area (Å²) in [6.45, 7) is 5.91. The van der Waals surface area contributed by atoms with Gasteiger partial charge in [0.05, 0.1) is 19.3 Å². The molecule has 1 N–H and O–H groups in total. The Bertz CT molecular complexity index is 695. The first-order valence-electron chi connectivity index (χ1n) is 8.55. The molecule has 1 atom stereocenters. The van der Waals surface area contributed by atoms with E-state index in [0.29, 0.717) is 12.1 Å². The first-order valence-corrected chi connectivity index (χ1v) is 9.35. The molecule has 1 aliphatic heterocycles. The lowest BCUT2D eigenvalue weighted by atomic mass is 10.0. The Hall–Kier alpha value is -1.69. The standard InChI is InChI=1S/C20H23BrN2O2/c1-15-2-4-16(5-3-15)19(23-10-12-25-13-11-23)14-22-20(24)17-6-8-18(21)9-7-17/h2-9,19H,10-14H2,1H3,(H,22,24)/t19-/m1/s1. The van der Waals surface area contributed by atoms with Gasteiger partial charge in [0.1, 0.15) is 0 Å². The van der Waals surface area contributed by atoms with Gasteiger partial charge in [0.25, 0.3) is 5.91 Å². The van der Waals surface area contributed by atoms with E-state index in [1.54, 1.807) is 0 Å². The number of hydrogen-bond acceptors (Lipinski definition) is 3. The molecule has 0 bridgehead atoms. The molecule has 25 heavy (non-hydrogen) atoms. The third-order valence-electron chi connectivity index (χ3n) is 4.51. The number of nitrogens with zero attached hydrogens (tertiary/aromatic N) is 1. The molecule has 1 aliphatic rings. The molecule has 0 radical (unpaired) electrons. The Kier molecular flexibility index (Phi) is 6.24. The van der Waals surface area contributed by atoms with Gasteiger partial charge in [-0.15, -0.1) is 0 Å². The minimum absolute atomic E-state index is 0.0436. The van der Waals surface area contributed by atoms with Crippen LogP contribution in [0.3, 0.4) is 0 Å². The quantitative estimate of drug-likeness (QED) is 0.830. The number of benzene rings is 2. The van der Waals surface area contributed by atoms with Gasteiger partial charge < -0.3 is 10.1 Å². The van der Waals surface area contributed by atoms with Crippen molar-refractivity contribution in [1.82, 2.24) is 10.2 Å². The summed E-state index contributed by atoms with van der Waals surface area (Å²) in [6, 6.07) is 16.1. The molecule has 0 saturated carbocycles. The summed E-state index contributed by atoms with van der Waals surface area (Å²) in [4.78, 5) is 14.8. The normalized spacial score (nSPS) is 16.4. The van der Waals surface area contributed by atoms with E-state index < -0.39 is 0 Å². The van der Waals surface area contributed by atoms with Crippen molar-refractivity contribution in [3.63, 3.8) is 0 Å². The summed E-state index contributed by atoms with van der Waals surface area (Å²) in [5.74, 6) is -0.0436. The Morgan fingerprint density at radius 1 is 1.12 bits per heavy atom. The number of nitrogens with one attached hydrogen (secondary N) is 1. The van der Waals surface area contributed by atoms with Crippen molar-refractivity contribution < 1.29 is 9.53 Å². The second-order valence-corrected chi connectivity index (χ2v) is 7.21. The molecular formula is C20H23BrN2O2. The van der Waals surface area contributed by atoms with Crippen LogP contribution in [0.1, 0.15) is 27.5 Å². The largest absolute Gasteiger partial charge is 0.379 e. The first-order chi connectivity index (χ1) is 12.1. The van der Waals surface area contributed by atoms with Crippen LogP contribution >= 0.6 is 15.9 Å². The number of aryl methyl sites for hydroxylation is 1. The number of carbonyl (C=O) groups excluding carboxylic acids is 1. The second-order valence-electron chi connectivity index (χ2n) is 6.29. The maximum atomic E-state index is 12.5. The minimum Gasteiger partial charge on any atom is -0.379 e. The van der Waals surface area contributed by atoms with Crippen LogP contribution in [0.2, 0.25) is 0 Å². The number of morpholine rings is 1. The molecule has 2 aromatic carbocycles. The van der Waals surface area contributed by atoms with Crippen LogP contribution in [0.25, 0.3) is 0 Å². The van der Waals surface area contributed by atoms with E-state index in [-0.39, 0.29) is 11.9 Å². The number of carbonyl (C=O) groups is 1. The van der Waals surface area contributed by atoms with E-state index in [1.165, 1.54) is 11.1 Å². The van der Waals surface area contributed by atoms with Gasteiger partial charge in [-0.3, -0.25) is 9.69 Å². The van der Waals surface area contributed by atoms with Crippen molar-refractivity contribution in [2.75, 3.05) is 32.8 Å². The zero-order chi connectivity index (χ0) is 17.6. The van der Waals surface area contributed by atoms with E-state index >= 15 is 0 Å². The van der Waals surface area contributed by atoms with Crippen molar-refractivity contribution in [2.45, 2.75) is 13.0 Å². The Morgan fingerprint density at radius 3 is 2.40 bits per heavy atom. The number of halogens is 1. The van der Waals surface area contributed by atoms with Gasteiger partial charge in [0.15, 0.2) is 0 Å². The topological polar surface area (TPSA) is 41.6 Å². The van der Waals surface area contributed by atoms with Crippen molar-refractivity contribution in [2.24, 2.45) is 0 Å². The van der Waals surface area contributed by atoms with Crippen LogP contribution < -0.4 is 5.32 Å². The summed E-state index contributed by atoms with van der Waals surface area (Å²) in [5.41, 5.74) is 3.14. The summed E-state index contributed by atoms with van der Waals surface area (Å²) in [5, 5.41) is 3.09. The zero-order valence-electron chi connectivity index (χ0n) is 14.4. The third kappa shape index (κ3) is 4.91. The average Bonchev–Trinajstić information content (AvgIpc) is 2.64. The van der Waals surface area contributed by atoms with Gasteiger partial charge >= 0.3 is 0 Å². The van der Waals surface area contributed by atoms with Gasteiger partial charge in [0, 0.05) is 29.7 Å². The van der Waals surface area contributed by atoms with Crippen LogP contribution in [-0.2, 0) is 4.74 Å². The Balaban J connectivity index is 1.71. The third-order valence-corrected chi connectivity index (χ3v) is 5.04. The molecule has 5 heteroatoms. The van der Waals surface area contributed by atoms with E-state index in [9.17, 15) is 4.79 Å². The van der Waals surface area contributed by atoms with Crippen molar-refractivity contribution in [1.29, 1.82) is 0 Å². The molecule has 0 aliphatic carbocycles. The van der Waals surface area contributed by atoms with Gasteiger partial charge in [-0.05, 0) is 36.8 Å². The lowest BCUT2D eigenvalue weighted by Crippen LogP contribution is -2.43. The minimum atomic E-state index is -0.0436. The highest BCUT2D eigenvalue weighted by molar-refractivity contribution is 9.10. The molecule has 2 aromatic rings. The monoisotopic (exact) mass is 402 g/mol. The van der Waals surface area contributed by atoms with Crippen molar-refractivity contribution >= 4 is 21.8 Å². The SMILES string of the molecule is Cc1ccc([C@@H](CNC(=O)c2ccc(Br)cc2)N2CCOCC2)cc1. The fourth-order valence-electron chi connectivity index (χ4n) is 3.03. The smallest absolute Gasteiger partial charge is 0.251 e. The summed E-state index contributed by atoms with van der Waals surface area (Å²) in [7, 11) is 0. The fraction of sp³-hybridized carbons (Fsp3) is 0.350. The van der Waals surface area contributed by atoms with Crippen LogP contribution in [0, 0.1) is 6.92 Å². The van der Waals surface area contributed by atoms with E-state index in [1.807, 2.05) is 24.3 Å². The van der Waals surface area contributed by atoms with Crippen molar-refractivity contribution in [3.05, 3.63) is 69.7 Å². The first kappa shape index (κ1) is 18.1. The molecule has 4 nitrogen and oxygen atoms in total. The molecule has 0 unspecified atom stereocenters. The summed E-state index contributed by atoms with van der Waals surface area (Å²) < 4.78 is 6.45. The van der Waals surface area contributed by atoms with E-state index in [4.69, 9.17) is 4.74 Å². The Morgan fingerprint density at radius 2 is 1.76 bits per heavy atom. The molecule has 1 amide bonds. The highest BCUT2D eigenvalue weighted by Crippen LogP contribution is 2.22. The van der Waals surface area contributed by atoms with Crippen LogP contribution in [0.5, 0.6) is 0 Å². The lowest BCUT2D eigenvalue weighted by Gasteiger charge is -2.35. The molecule has 1 saturated heterocycles. The second kappa shape index (κ2) is 8.61. The molecule has 132 valence electrons. The van der Waals surface area contributed by atoms with Gasteiger partial charge in [0.2, 0.25) is 0 Å². The molecule has 0 aromatic heterocycles. The predicted molar refractivity (Wildman–Crippen MR) is 103 cm³/mol. The maximum absolute atomic E-state index is 12.5. The molecule has 3 rings (SSSR count). The Labute approximate surface area is 157 Å².